The molecule has 0 atom stereocenters. The lowest BCUT2D eigenvalue weighted by atomic mass is 9.97. The zero-order valence-corrected chi connectivity index (χ0v) is 11.6. The van der Waals surface area contributed by atoms with Crippen molar-refractivity contribution in [1.82, 2.24) is 0 Å². The molecule has 0 aliphatic rings. The standard InChI is InChI=1S/C16H21NO/c1-6-14-8-7-9-15(11(2)3)16(14)17-12(4)10-13(5)18/h6-11,17H,1H2,2-5H3. The van der Waals surface area contributed by atoms with Crippen molar-refractivity contribution in [3.05, 3.63) is 47.7 Å². The van der Waals surface area contributed by atoms with Gasteiger partial charge in [0.15, 0.2) is 5.78 Å². The molecule has 0 aromatic heterocycles. The van der Waals surface area contributed by atoms with Gasteiger partial charge in [-0.15, -0.1) is 0 Å². The average Bonchev–Trinajstić information content (AvgIpc) is 2.27. The minimum absolute atomic E-state index is 0.0437. The van der Waals surface area contributed by atoms with Crippen LogP contribution in [0.15, 0.2) is 36.6 Å². The van der Waals surface area contributed by atoms with E-state index in [0.717, 1.165) is 16.9 Å². The fourth-order valence-electron chi connectivity index (χ4n) is 1.92. The maximum atomic E-state index is 11.1. The third kappa shape index (κ3) is 3.59. The second kappa shape index (κ2) is 6.20. The van der Waals surface area contributed by atoms with Gasteiger partial charge in [-0.3, -0.25) is 4.79 Å². The lowest BCUT2D eigenvalue weighted by Crippen LogP contribution is -2.04. The van der Waals surface area contributed by atoms with E-state index in [2.05, 4.69) is 31.8 Å². The first kappa shape index (κ1) is 14.2. The maximum Gasteiger partial charge on any atom is 0.154 e. The highest BCUT2D eigenvalue weighted by molar-refractivity contribution is 5.88. The van der Waals surface area contributed by atoms with Crippen LogP contribution in [0.25, 0.3) is 6.08 Å². The lowest BCUT2D eigenvalue weighted by Gasteiger charge is -2.17. The first-order valence-electron chi connectivity index (χ1n) is 6.17. The molecule has 0 amide bonds. The van der Waals surface area contributed by atoms with Gasteiger partial charge in [0.05, 0.1) is 0 Å². The van der Waals surface area contributed by atoms with E-state index >= 15 is 0 Å². The van der Waals surface area contributed by atoms with E-state index in [9.17, 15) is 4.79 Å². The van der Waals surface area contributed by atoms with Crippen LogP contribution in [0.3, 0.4) is 0 Å². The van der Waals surface area contributed by atoms with Gasteiger partial charge in [-0.2, -0.15) is 0 Å². The van der Waals surface area contributed by atoms with E-state index in [1.165, 1.54) is 5.56 Å². The predicted molar refractivity (Wildman–Crippen MR) is 78.7 cm³/mol. The Labute approximate surface area is 109 Å². The van der Waals surface area contributed by atoms with Gasteiger partial charge in [0, 0.05) is 11.4 Å². The summed E-state index contributed by atoms with van der Waals surface area (Å²) < 4.78 is 0. The predicted octanol–water partition coefficient (Wildman–Crippen LogP) is 4.36. The van der Waals surface area contributed by atoms with Crippen LogP contribution in [0.2, 0.25) is 0 Å². The Kier molecular flexibility index (Phi) is 4.90. The Hall–Kier alpha value is -1.83. The summed E-state index contributed by atoms with van der Waals surface area (Å²) >= 11 is 0. The minimum Gasteiger partial charge on any atom is -0.358 e. The molecule has 0 unspecified atom stereocenters. The molecule has 2 nitrogen and oxygen atoms in total. The van der Waals surface area contributed by atoms with E-state index in [-0.39, 0.29) is 5.78 Å². The van der Waals surface area contributed by atoms with Gasteiger partial charge in [-0.1, -0.05) is 44.7 Å². The number of anilines is 1. The van der Waals surface area contributed by atoms with Crippen LogP contribution in [-0.2, 0) is 4.79 Å². The van der Waals surface area contributed by atoms with Crippen molar-refractivity contribution in [2.24, 2.45) is 0 Å². The Balaban J connectivity index is 3.20. The van der Waals surface area contributed by atoms with Crippen LogP contribution < -0.4 is 5.32 Å². The molecule has 0 aliphatic carbocycles. The molecule has 0 saturated heterocycles. The van der Waals surface area contributed by atoms with Crippen molar-refractivity contribution in [3.8, 4) is 0 Å². The first-order valence-corrected chi connectivity index (χ1v) is 6.17. The van der Waals surface area contributed by atoms with Crippen molar-refractivity contribution in [2.75, 3.05) is 5.32 Å². The quantitative estimate of drug-likeness (QED) is 0.779. The van der Waals surface area contributed by atoms with Gasteiger partial charge < -0.3 is 5.32 Å². The number of rotatable bonds is 5. The molecule has 0 radical (unpaired) electrons. The number of carbonyl (C=O) groups is 1. The van der Waals surface area contributed by atoms with Gasteiger partial charge in [-0.05, 0) is 37.0 Å². The molecule has 0 spiro atoms. The van der Waals surface area contributed by atoms with Gasteiger partial charge in [0.25, 0.3) is 0 Å². The van der Waals surface area contributed by atoms with Crippen molar-refractivity contribution in [1.29, 1.82) is 0 Å². The number of ketones is 1. The summed E-state index contributed by atoms with van der Waals surface area (Å²) in [6.07, 6.45) is 3.43. The van der Waals surface area contributed by atoms with Crippen LogP contribution in [0.1, 0.15) is 44.7 Å². The highest BCUT2D eigenvalue weighted by atomic mass is 16.1. The molecule has 0 fully saturated rings. The maximum absolute atomic E-state index is 11.1. The van der Waals surface area contributed by atoms with Gasteiger partial charge in [0.1, 0.15) is 0 Å². The van der Waals surface area contributed by atoms with E-state index < -0.39 is 0 Å². The summed E-state index contributed by atoms with van der Waals surface area (Å²) in [5.41, 5.74) is 4.16. The number of allylic oxidation sites excluding steroid dienone is 2. The Bertz CT molecular complexity index is 484. The summed E-state index contributed by atoms with van der Waals surface area (Å²) in [7, 11) is 0. The highest BCUT2D eigenvalue weighted by Gasteiger charge is 2.09. The summed E-state index contributed by atoms with van der Waals surface area (Å²) in [6, 6.07) is 6.14. The van der Waals surface area contributed by atoms with Crippen LogP contribution >= 0.6 is 0 Å². The molecule has 1 N–H and O–H groups in total. The Morgan fingerprint density at radius 2 is 2.00 bits per heavy atom. The average molecular weight is 243 g/mol. The van der Waals surface area contributed by atoms with Crippen molar-refractivity contribution in [2.45, 2.75) is 33.6 Å². The summed E-state index contributed by atoms with van der Waals surface area (Å²) in [4.78, 5) is 11.1. The zero-order valence-electron chi connectivity index (χ0n) is 11.6. The van der Waals surface area contributed by atoms with Gasteiger partial charge >= 0.3 is 0 Å². The number of nitrogens with one attached hydrogen (secondary N) is 1. The fourth-order valence-corrected chi connectivity index (χ4v) is 1.92. The normalized spacial score (nSPS) is 11.5. The van der Waals surface area contributed by atoms with Crippen molar-refractivity contribution in [3.63, 3.8) is 0 Å². The van der Waals surface area contributed by atoms with E-state index in [1.807, 2.05) is 25.1 Å². The van der Waals surface area contributed by atoms with E-state index in [4.69, 9.17) is 0 Å². The fraction of sp³-hybridized carbons (Fsp3) is 0.312. The molecule has 0 saturated carbocycles. The summed E-state index contributed by atoms with van der Waals surface area (Å²) in [5, 5.41) is 3.31. The first-order chi connectivity index (χ1) is 8.45. The third-order valence-electron chi connectivity index (χ3n) is 2.71. The molecular formula is C16H21NO. The molecule has 1 aromatic rings. The van der Waals surface area contributed by atoms with E-state index in [0.29, 0.717) is 5.92 Å². The van der Waals surface area contributed by atoms with Crippen LogP contribution in [-0.4, -0.2) is 5.78 Å². The molecule has 0 heterocycles. The number of para-hydroxylation sites is 1. The highest BCUT2D eigenvalue weighted by Crippen LogP contribution is 2.29. The summed E-state index contributed by atoms with van der Waals surface area (Å²) in [6.45, 7) is 11.6. The molecular weight excluding hydrogens is 222 g/mol. The monoisotopic (exact) mass is 243 g/mol. The van der Waals surface area contributed by atoms with Crippen LogP contribution in [0.5, 0.6) is 0 Å². The number of carbonyl (C=O) groups excluding carboxylic acids is 1. The topological polar surface area (TPSA) is 29.1 Å². The van der Waals surface area contributed by atoms with E-state index in [1.54, 1.807) is 13.0 Å². The Morgan fingerprint density at radius 1 is 1.33 bits per heavy atom. The molecule has 96 valence electrons. The van der Waals surface area contributed by atoms with Gasteiger partial charge in [-0.25, -0.2) is 0 Å². The Morgan fingerprint density at radius 3 is 2.50 bits per heavy atom. The number of hydrogen-bond acceptors (Lipinski definition) is 2. The van der Waals surface area contributed by atoms with Gasteiger partial charge in [0.2, 0.25) is 0 Å². The molecule has 0 aliphatic heterocycles. The summed E-state index contributed by atoms with van der Waals surface area (Å²) in [5.74, 6) is 0.458. The second-order valence-corrected chi connectivity index (χ2v) is 4.73. The van der Waals surface area contributed by atoms with Crippen LogP contribution in [0, 0.1) is 0 Å². The van der Waals surface area contributed by atoms with Crippen molar-refractivity contribution >= 4 is 17.5 Å². The molecule has 1 rings (SSSR count). The largest absolute Gasteiger partial charge is 0.358 e. The SMILES string of the molecule is C=Cc1cccc(C(C)C)c1NC(C)=CC(C)=O. The molecule has 1 aromatic carbocycles. The van der Waals surface area contributed by atoms with Crippen LogP contribution in [0.4, 0.5) is 5.69 Å². The number of hydrogen-bond donors (Lipinski definition) is 1. The molecule has 18 heavy (non-hydrogen) atoms. The zero-order chi connectivity index (χ0) is 13.7. The third-order valence-corrected chi connectivity index (χ3v) is 2.71. The second-order valence-electron chi connectivity index (χ2n) is 4.73. The van der Waals surface area contributed by atoms with Crippen molar-refractivity contribution < 1.29 is 4.79 Å². The molecule has 2 heteroatoms. The smallest absolute Gasteiger partial charge is 0.154 e. The number of benzene rings is 1. The molecule has 0 bridgehead atoms. The minimum atomic E-state index is 0.0437. The lowest BCUT2D eigenvalue weighted by molar-refractivity contribution is -0.112.